The number of carbonyl (C=O) groups excluding carboxylic acids is 1. The number of piperazine rings is 1. The summed E-state index contributed by atoms with van der Waals surface area (Å²) in [4.78, 5) is 21.6. The number of aromatic nitrogens is 1. The minimum atomic E-state index is 0.105. The molecule has 0 bridgehead atoms. The average molecular weight is 485 g/mol. The SMILES string of the molecule is C[C@H]1CCCN(c2cc(N3CCN(C4CCCCC4)CC3)c3noc4c3c2C(=O)c2ccccc2-4)C1. The highest BCUT2D eigenvalue weighted by atomic mass is 16.5. The van der Waals surface area contributed by atoms with Crippen LogP contribution in [0.15, 0.2) is 34.9 Å². The second-order valence-corrected chi connectivity index (χ2v) is 11.4. The lowest BCUT2D eigenvalue weighted by atomic mass is 9.85. The van der Waals surface area contributed by atoms with E-state index in [4.69, 9.17) is 4.52 Å². The van der Waals surface area contributed by atoms with E-state index in [-0.39, 0.29) is 5.78 Å². The molecule has 0 amide bonds. The molecule has 2 saturated heterocycles. The third kappa shape index (κ3) is 3.56. The van der Waals surface area contributed by atoms with Gasteiger partial charge in [-0.05, 0) is 37.7 Å². The Bertz CT molecular complexity index is 1300. The lowest BCUT2D eigenvalue weighted by Gasteiger charge is -2.42. The zero-order chi connectivity index (χ0) is 24.2. The van der Waals surface area contributed by atoms with Crippen molar-refractivity contribution in [3.63, 3.8) is 0 Å². The van der Waals surface area contributed by atoms with E-state index in [9.17, 15) is 4.79 Å². The molecule has 0 N–H and O–H groups in total. The quantitative estimate of drug-likeness (QED) is 0.370. The van der Waals surface area contributed by atoms with Gasteiger partial charge in [0, 0.05) is 56.4 Å². The molecular formula is C30H36N4O2. The third-order valence-corrected chi connectivity index (χ3v) is 9.10. The van der Waals surface area contributed by atoms with Crippen LogP contribution in [0.2, 0.25) is 0 Å². The highest BCUT2D eigenvalue weighted by Crippen LogP contribution is 2.47. The molecule has 3 heterocycles. The number of hydrogen-bond donors (Lipinski definition) is 0. The Hall–Kier alpha value is -2.86. The van der Waals surface area contributed by atoms with E-state index in [0.717, 1.165) is 96.5 Å². The molecule has 1 saturated carbocycles. The molecule has 36 heavy (non-hydrogen) atoms. The summed E-state index contributed by atoms with van der Waals surface area (Å²) in [6.45, 7) is 8.48. The Labute approximate surface area is 213 Å². The summed E-state index contributed by atoms with van der Waals surface area (Å²) in [5, 5.41) is 5.52. The van der Waals surface area contributed by atoms with Gasteiger partial charge in [0.2, 0.25) is 0 Å². The summed E-state index contributed by atoms with van der Waals surface area (Å²) in [6, 6.07) is 10.9. The van der Waals surface area contributed by atoms with E-state index in [1.165, 1.54) is 38.5 Å². The van der Waals surface area contributed by atoms with Crippen LogP contribution in [0, 0.1) is 5.92 Å². The Morgan fingerprint density at radius 1 is 0.861 bits per heavy atom. The first kappa shape index (κ1) is 22.3. The molecule has 0 spiro atoms. The second-order valence-electron chi connectivity index (χ2n) is 11.4. The van der Waals surface area contributed by atoms with Gasteiger partial charge in [-0.15, -0.1) is 0 Å². The number of rotatable bonds is 3. The fourth-order valence-electron chi connectivity index (χ4n) is 7.20. The highest BCUT2D eigenvalue weighted by Gasteiger charge is 2.36. The van der Waals surface area contributed by atoms with Gasteiger partial charge in [-0.25, -0.2) is 0 Å². The van der Waals surface area contributed by atoms with Gasteiger partial charge < -0.3 is 14.3 Å². The fraction of sp³-hybridized carbons (Fsp3) is 0.533. The van der Waals surface area contributed by atoms with E-state index in [2.05, 4.69) is 32.8 Å². The van der Waals surface area contributed by atoms with Gasteiger partial charge >= 0.3 is 0 Å². The topological polar surface area (TPSA) is 52.8 Å². The predicted molar refractivity (Wildman–Crippen MR) is 144 cm³/mol. The van der Waals surface area contributed by atoms with Crippen molar-refractivity contribution in [1.29, 1.82) is 0 Å². The zero-order valence-corrected chi connectivity index (χ0v) is 21.3. The van der Waals surface area contributed by atoms with Gasteiger partial charge in [-0.3, -0.25) is 9.69 Å². The molecule has 7 rings (SSSR count). The molecule has 0 unspecified atom stereocenters. The van der Waals surface area contributed by atoms with Gasteiger partial charge in [0.15, 0.2) is 11.5 Å². The van der Waals surface area contributed by atoms with Crippen molar-refractivity contribution in [1.82, 2.24) is 10.1 Å². The zero-order valence-electron chi connectivity index (χ0n) is 21.3. The molecule has 0 radical (unpaired) electrons. The predicted octanol–water partition coefficient (Wildman–Crippen LogP) is 5.73. The number of ketones is 1. The van der Waals surface area contributed by atoms with Crippen LogP contribution in [0.25, 0.3) is 22.2 Å². The molecule has 188 valence electrons. The number of piperidine rings is 1. The van der Waals surface area contributed by atoms with Gasteiger partial charge in [0.25, 0.3) is 0 Å². The van der Waals surface area contributed by atoms with Crippen LogP contribution in [0.4, 0.5) is 11.4 Å². The van der Waals surface area contributed by atoms with Crippen molar-refractivity contribution in [3.05, 3.63) is 41.5 Å². The molecular weight excluding hydrogens is 448 g/mol. The van der Waals surface area contributed by atoms with Gasteiger partial charge in [0.05, 0.1) is 22.3 Å². The van der Waals surface area contributed by atoms with Crippen molar-refractivity contribution in [2.24, 2.45) is 5.92 Å². The summed E-state index contributed by atoms with van der Waals surface area (Å²) in [6.07, 6.45) is 9.27. The summed E-state index contributed by atoms with van der Waals surface area (Å²) in [5.41, 5.74) is 5.44. The molecule has 1 aromatic heterocycles. The number of carbonyl (C=O) groups is 1. The molecule has 1 atom stereocenters. The van der Waals surface area contributed by atoms with E-state index in [1.807, 2.05) is 24.3 Å². The number of anilines is 2. The molecule has 6 nitrogen and oxygen atoms in total. The number of benzene rings is 2. The van der Waals surface area contributed by atoms with E-state index in [0.29, 0.717) is 5.92 Å². The smallest absolute Gasteiger partial charge is 0.196 e. The lowest BCUT2D eigenvalue weighted by Crippen LogP contribution is -2.51. The Morgan fingerprint density at radius 3 is 2.42 bits per heavy atom. The second kappa shape index (κ2) is 8.91. The minimum Gasteiger partial charge on any atom is -0.371 e. The Balaban J connectivity index is 1.32. The van der Waals surface area contributed by atoms with Gasteiger partial charge in [-0.2, -0.15) is 0 Å². The maximum atomic E-state index is 13.9. The monoisotopic (exact) mass is 484 g/mol. The van der Waals surface area contributed by atoms with Crippen LogP contribution in [-0.4, -0.2) is 61.2 Å². The van der Waals surface area contributed by atoms with Crippen molar-refractivity contribution in [2.75, 3.05) is 49.1 Å². The molecule has 2 aliphatic carbocycles. The van der Waals surface area contributed by atoms with E-state index < -0.39 is 0 Å². The molecule has 2 aromatic carbocycles. The van der Waals surface area contributed by atoms with Crippen molar-refractivity contribution >= 4 is 28.1 Å². The maximum Gasteiger partial charge on any atom is 0.196 e. The summed E-state index contributed by atoms with van der Waals surface area (Å²) >= 11 is 0. The van der Waals surface area contributed by atoms with Crippen molar-refractivity contribution in [3.8, 4) is 11.3 Å². The fourth-order valence-corrected chi connectivity index (χ4v) is 7.20. The molecule has 6 heteroatoms. The number of fused-ring (bicyclic) bond motifs is 2. The summed E-state index contributed by atoms with van der Waals surface area (Å²) in [7, 11) is 0. The third-order valence-electron chi connectivity index (χ3n) is 9.10. The van der Waals surface area contributed by atoms with E-state index in [1.54, 1.807) is 0 Å². The summed E-state index contributed by atoms with van der Waals surface area (Å²) < 4.78 is 6.02. The first-order valence-corrected chi connectivity index (χ1v) is 14.0. The average Bonchev–Trinajstić information content (AvgIpc) is 3.37. The lowest BCUT2D eigenvalue weighted by molar-refractivity contribution is 0.104. The van der Waals surface area contributed by atoms with Crippen LogP contribution in [0.5, 0.6) is 0 Å². The molecule has 2 aliphatic heterocycles. The van der Waals surface area contributed by atoms with Crippen LogP contribution in [-0.2, 0) is 0 Å². The maximum absolute atomic E-state index is 13.9. The number of hydrogen-bond acceptors (Lipinski definition) is 6. The van der Waals surface area contributed by atoms with Crippen LogP contribution in [0.1, 0.15) is 67.8 Å². The first-order chi connectivity index (χ1) is 17.7. The molecule has 3 aromatic rings. The van der Waals surface area contributed by atoms with E-state index >= 15 is 0 Å². The molecule has 4 aliphatic rings. The molecule has 3 fully saturated rings. The summed E-state index contributed by atoms with van der Waals surface area (Å²) in [5.74, 6) is 1.48. The normalized spacial score (nSPS) is 23.4. The Morgan fingerprint density at radius 2 is 1.64 bits per heavy atom. The minimum absolute atomic E-state index is 0.105. The van der Waals surface area contributed by atoms with Gasteiger partial charge in [-0.1, -0.05) is 55.6 Å². The van der Waals surface area contributed by atoms with Crippen molar-refractivity contribution in [2.45, 2.75) is 57.9 Å². The van der Waals surface area contributed by atoms with Gasteiger partial charge in [0.1, 0.15) is 5.52 Å². The number of nitrogens with zero attached hydrogens (tertiary/aromatic N) is 4. The van der Waals surface area contributed by atoms with Crippen LogP contribution in [0.3, 0.4) is 0 Å². The first-order valence-electron chi connectivity index (χ1n) is 14.0. The van der Waals surface area contributed by atoms with Crippen molar-refractivity contribution < 1.29 is 9.32 Å². The Kier molecular flexibility index (Phi) is 5.53. The largest absolute Gasteiger partial charge is 0.371 e. The standard InChI is InChI=1S/C30H36N4O2/c1-20-8-7-13-34(19-20)24-18-25(33-16-14-32(15-17-33)21-9-3-2-4-10-21)28-27-26(24)29(35)22-11-5-6-12-23(22)30(27)36-31-28/h5-6,11-12,18,20-21H,2-4,7-10,13-17,19H2,1H3/t20-/m0/s1. The van der Waals surface area contributed by atoms with Crippen LogP contribution >= 0.6 is 0 Å². The van der Waals surface area contributed by atoms with Crippen LogP contribution < -0.4 is 9.80 Å². The highest BCUT2D eigenvalue weighted by molar-refractivity contribution is 6.28.